The summed E-state index contributed by atoms with van der Waals surface area (Å²) in [7, 11) is 0. The van der Waals surface area contributed by atoms with Crippen molar-refractivity contribution in [1.29, 1.82) is 0 Å². The summed E-state index contributed by atoms with van der Waals surface area (Å²) >= 11 is 1.34. The molecule has 6 heteroatoms. The van der Waals surface area contributed by atoms with E-state index in [0.29, 0.717) is 5.13 Å². The molecule has 0 aliphatic heterocycles. The minimum absolute atomic E-state index is 0.0228. The highest BCUT2D eigenvalue weighted by atomic mass is 32.1. The first kappa shape index (κ1) is 21.7. The number of aromatic nitrogens is 1. The molecule has 5 nitrogen and oxygen atoms in total. The van der Waals surface area contributed by atoms with E-state index in [1.54, 1.807) is 6.92 Å². The topological polar surface area (TPSA) is 68.3 Å². The first-order valence-electron chi connectivity index (χ1n) is 10.1. The van der Waals surface area contributed by atoms with E-state index in [4.69, 9.17) is 4.74 Å². The van der Waals surface area contributed by atoms with E-state index in [2.05, 4.69) is 29.4 Å². The van der Waals surface area contributed by atoms with Gasteiger partial charge in [0.25, 0.3) is 5.91 Å². The molecule has 2 atom stereocenters. The van der Waals surface area contributed by atoms with Crippen molar-refractivity contribution in [2.75, 3.05) is 5.32 Å². The van der Waals surface area contributed by atoms with Crippen LogP contribution in [0.5, 0.6) is 0 Å². The third-order valence-corrected chi connectivity index (χ3v) is 5.67. The molecule has 0 radical (unpaired) electrons. The van der Waals surface area contributed by atoms with Crippen molar-refractivity contribution < 1.29 is 14.3 Å². The van der Waals surface area contributed by atoms with Gasteiger partial charge < -0.3 is 4.74 Å². The Kier molecular flexibility index (Phi) is 7.36. The number of aryl methyl sites for hydroxylation is 1. The predicted octanol–water partition coefficient (Wildman–Crippen LogP) is 5.44. The molecule has 0 saturated carbocycles. The monoisotopic (exact) mass is 422 g/mol. The van der Waals surface area contributed by atoms with E-state index in [1.807, 2.05) is 54.8 Å². The molecule has 0 aliphatic rings. The minimum Gasteiger partial charge on any atom is -0.453 e. The van der Waals surface area contributed by atoms with Gasteiger partial charge in [-0.05, 0) is 30.4 Å². The fraction of sp³-hybridized carbons (Fsp3) is 0.292. The Labute approximate surface area is 181 Å². The zero-order chi connectivity index (χ0) is 21.5. The van der Waals surface area contributed by atoms with Crippen molar-refractivity contribution in [3.8, 4) is 11.3 Å². The van der Waals surface area contributed by atoms with Gasteiger partial charge in [0, 0.05) is 10.9 Å². The highest BCUT2D eigenvalue weighted by molar-refractivity contribution is 7.14. The van der Waals surface area contributed by atoms with Crippen molar-refractivity contribution in [3.63, 3.8) is 0 Å². The van der Waals surface area contributed by atoms with E-state index in [9.17, 15) is 9.59 Å². The van der Waals surface area contributed by atoms with Gasteiger partial charge in [-0.3, -0.25) is 14.9 Å². The Hall–Kier alpha value is -2.99. The molecule has 0 saturated heterocycles. The Morgan fingerprint density at radius 2 is 1.77 bits per heavy atom. The molecule has 0 fully saturated rings. The Morgan fingerprint density at radius 1 is 1.07 bits per heavy atom. The number of ether oxygens (including phenoxy) is 1. The highest BCUT2D eigenvalue weighted by Crippen LogP contribution is 2.25. The van der Waals surface area contributed by atoms with Gasteiger partial charge in [-0.1, -0.05) is 68.4 Å². The second-order valence-corrected chi connectivity index (χ2v) is 8.08. The number of carbonyl (C=O) groups excluding carboxylic acids is 2. The van der Waals surface area contributed by atoms with Crippen LogP contribution >= 0.6 is 11.3 Å². The van der Waals surface area contributed by atoms with Crippen LogP contribution in [-0.4, -0.2) is 23.0 Å². The number of nitrogens with zero attached hydrogens (tertiary/aromatic N) is 1. The first-order valence-corrected chi connectivity index (χ1v) is 10.9. The van der Waals surface area contributed by atoms with Crippen molar-refractivity contribution >= 4 is 28.3 Å². The average Bonchev–Trinajstić information content (AvgIpc) is 3.22. The summed E-state index contributed by atoms with van der Waals surface area (Å²) in [5.74, 6) is -0.766. The van der Waals surface area contributed by atoms with Gasteiger partial charge in [-0.2, -0.15) is 0 Å². The minimum atomic E-state index is -0.892. The Bertz CT molecular complexity index is 983. The van der Waals surface area contributed by atoms with Gasteiger partial charge in [0.2, 0.25) is 0 Å². The molecule has 1 amide bonds. The van der Waals surface area contributed by atoms with Crippen LogP contribution in [0.25, 0.3) is 11.3 Å². The molecule has 0 aliphatic carbocycles. The number of rotatable bonds is 8. The third-order valence-electron chi connectivity index (χ3n) is 4.91. The zero-order valence-corrected chi connectivity index (χ0v) is 18.2. The number of amides is 1. The maximum absolute atomic E-state index is 12.4. The van der Waals surface area contributed by atoms with E-state index in [0.717, 1.165) is 23.2 Å². The van der Waals surface area contributed by atoms with Crippen LogP contribution in [0.4, 0.5) is 5.13 Å². The SMILES string of the molecule is CCc1ccc(-c2csc(NC(=O)[C@H](C)OC(=O)C[C@@H](C)c3ccccc3)n2)cc1. The number of hydrogen-bond donors (Lipinski definition) is 1. The van der Waals surface area contributed by atoms with Gasteiger partial charge in [0.1, 0.15) is 0 Å². The molecule has 3 aromatic rings. The number of nitrogens with one attached hydrogen (secondary N) is 1. The van der Waals surface area contributed by atoms with E-state index in [-0.39, 0.29) is 12.3 Å². The molecule has 30 heavy (non-hydrogen) atoms. The summed E-state index contributed by atoms with van der Waals surface area (Å²) in [6, 6.07) is 18.0. The largest absolute Gasteiger partial charge is 0.453 e. The fourth-order valence-electron chi connectivity index (χ4n) is 3.03. The second-order valence-electron chi connectivity index (χ2n) is 7.23. The number of thiazole rings is 1. The van der Waals surface area contributed by atoms with Crippen LogP contribution in [0.2, 0.25) is 0 Å². The molecule has 2 aromatic carbocycles. The van der Waals surface area contributed by atoms with Gasteiger partial charge in [-0.15, -0.1) is 11.3 Å². The van der Waals surface area contributed by atoms with Crippen molar-refractivity contribution in [2.24, 2.45) is 0 Å². The molecule has 3 rings (SSSR count). The summed E-state index contributed by atoms with van der Waals surface area (Å²) in [5, 5.41) is 5.12. The van der Waals surface area contributed by atoms with Crippen molar-refractivity contribution in [2.45, 2.75) is 45.6 Å². The molecule has 1 N–H and O–H groups in total. The maximum atomic E-state index is 12.4. The fourth-order valence-corrected chi connectivity index (χ4v) is 3.75. The molecule has 1 heterocycles. The number of hydrogen-bond acceptors (Lipinski definition) is 5. The van der Waals surface area contributed by atoms with Gasteiger partial charge in [0.15, 0.2) is 11.2 Å². The lowest BCUT2D eigenvalue weighted by atomic mass is 9.98. The average molecular weight is 423 g/mol. The summed E-state index contributed by atoms with van der Waals surface area (Å²) in [6.07, 6.45) is 0.313. The standard InChI is InChI=1S/C24H26N2O3S/c1-4-18-10-12-20(13-11-18)21-15-30-24(25-21)26-23(28)17(3)29-22(27)14-16(2)19-8-6-5-7-9-19/h5-13,15-17H,4,14H2,1-3H3,(H,25,26,28)/t16-,17+/m1/s1. The Morgan fingerprint density at radius 3 is 2.43 bits per heavy atom. The number of carbonyl (C=O) groups is 2. The van der Waals surface area contributed by atoms with Crippen molar-refractivity contribution in [1.82, 2.24) is 4.98 Å². The molecule has 1 aromatic heterocycles. The smallest absolute Gasteiger partial charge is 0.307 e. The van der Waals surface area contributed by atoms with E-state index in [1.165, 1.54) is 16.9 Å². The third kappa shape index (κ3) is 5.76. The lowest BCUT2D eigenvalue weighted by molar-refractivity contribution is -0.153. The number of anilines is 1. The van der Waals surface area contributed by atoms with Crippen LogP contribution in [-0.2, 0) is 20.7 Å². The first-order chi connectivity index (χ1) is 14.5. The van der Waals surface area contributed by atoms with Crippen molar-refractivity contribution in [3.05, 3.63) is 71.1 Å². The lowest BCUT2D eigenvalue weighted by Crippen LogP contribution is -2.30. The zero-order valence-electron chi connectivity index (χ0n) is 17.4. The molecule has 0 unspecified atom stereocenters. The number of esters is 1. The van der Waals surface area contributed by atoms with Crippen LogP contribution < -0.4 is 5.32 Å². The van der Waals surface area contributed by atoms with Gasteiger partial charge in [-0.25, -0.2) is 4.98 Å². The van der Waals surface area contributed by atoms with Gasteiger partial charge in [0.05, 0.1) is 12.1 Å². The summed E-state index contributed by atoms with van der Waals surface area (Å²) < 4.78 is 5.32. The lowest BCUT2D eigenvalue weighted by Gasteiger charge is -2.15. The van der Waals surface area contributed by atoms with Crippen LogP contribution in [0.15, 0.2) is 60.0 Å². The van der Waals surface area contributed by atoms with Crippen LogP contribution in [0.1, 0.15) is 44.2 Å². The highest BCUT2D eigenvalue weighted by Gasteiger charge is 2.21. The number of benzene rings is 2. The molecule has 0 bridgehead atoms. The maximum Gasteiger partial charge on any atom is 0.307 e. The Balaban J connectivity index is 1.52. The summed E-state index contributed by atoms with van der Waals surface area (Å²) in [4.78, 5) is 29.1. The molecule has 0 spiro atoms. The van der Waals surface area contributed by atoms with E-state index < -0.39 is 18.0 Å². The molecular formula is C24H26N2O3S. The van der Waals surface area contributed by atoms with Crippen LogP contribution in [0, 0.1) is 0 Å². The van der Waals surface area contributed by atoms with Gasteiger partial charge >= 0.3 is 5.97 Å². The molecular weight excluding hydrogens is 396 g/mol. The predicted molar refractivity (Wildman–Crippen MR) is 121 cm³/mol. The summed E-state index contributed by atoms with van der Waals surface area (Å²) in [6.45, 7) is 5.64. The normalized spacial score (nSPS) is 12.8. The summed E-state index contributed by atoms with van der Waals surface area (Å²) in [5.41, 5.74) is 4.13. The second kappa shape index (κ2) is 10.2. The quantitative estimate of drug-likeness (QED) is 0.491. The molecule has 156 valence electrons. The van der Waals surface area contributed by atoms with E-state index >= 15 is 0 Å². The van der Waals surface area contributed by atoms with Crippen LogP contribution in [0.3, 0.4) is 0 Å².